The van der Waals surface area contributed by atoms with Crippen LogP contribution in [-0.2, 0) is 9.53 Å². The van der Waals surface area contributed by atoms with Gasteiger partial charge in [0.05, 0.1) is 18.7 Å². The molecule has 1 unspecified atom stereocenters. The summed E-state index contributed by atoms with van der Waals surface area (Å²) in [6.45, 7) is 0.568. The number of hydrogen-bond acceptors (Lipinski definition) is 3. The number of Topliss-reactive ketones (excluding diaryl/α,β-unsaturated/α-hetero) is 1. The number of nitrogens with zero attached hydrogens (tertiary/aromatic N) is 1. The van der Waals surface area contributed by atoms with E-state index >= 15 is 0 Å². The summed E-state index contributed by atoms with van der Waals surface area (Å²) in [6, 6.07) is 9.78. The van der Waals surface area contributed by atoms with Crippen molar-refractivity contribution in [3.63, 3.8) is 0 Å². The Hall–Kier alpha value is -2.10. The fraction of sp³-hybridized carbons (Fsp3) is 0.375. The third kappa shape index (κ3) is 2.01. The van der Waals surface area contributed by atoms with Gasteiger partial charge in [0, 0.05) is 6.54 Å². The maximum Gasteiger partial charge on any atom is 0.414 e. The summed E-state index contributed by atoms with van der Waals surface area (Å²) in [7, 11) is 1.35. The molecule has 1 amide bonds. The Balaban J connectivity index is 1.92. The van der Waals surface area contributed by atoms with E-state index in [1.165, 1.54) is 12.0 Å². The topological polar surface area (TPSA) is 46.6 Å². The highest BCUT2D eigenvalue weighted by molar-refractivity contribution is 6.05. The number of amides is 1. The van der Waals surface area contributed by atoms with Gasteiger partial charge in [0.2, 0.25) is 0 Å². The number of allylic oxidation sites excluding steroid dienone is 2. The van der Waals surface area contributed by atoms with Crippen molar-refractivity contribution in [3.05, 3.63) is 47.2 Å². The van der Waals surface area contributed by atoms with Crippen molar-refractivity contribution in [1.82, 2.24) is 4.90 Å². The Kier molecular flexibility index (Phi) is 3.30. The fourth-order valence-electron chi connectivity index (χ4n) is 3.13. The van der Waals surface area contributed by atoms with E-state index < -0.39 is 6.09 Å². The van der Waals surface area contributed by atoms with Crippen LogP contribution in [0.4, 0.5) is 4.79 Å². The molecule has 0 saturated heterocycles. The van der Waals surface area contributed by atoms with Gasteiger partial charge in [-0.2, -0.15) is 0 Å². The van der Waals surface area contributed by atoms with Crippen LogP contribution in [-0.4, -0.2) is 30.4 Å². The molecular formula is C16H17NO3. The van der Waals surface area contributed by atoms with Gasteiger partial charge < -0.3 is 4.74 Å². The second kappa shape index (κ2) is 5.12. The Bertz CT molecular complexity index is 577. The predicted octanol–water partition coefficient (Wildman–Crippen LogP) is 2.86. The van der Waals surface area contributed by atoms with Gasteiger partial charge in [0.25, 0.3) is 0 Å². The molecule has 4 heteroatoms. The molecule has 1 aliphatic heterocycles. The predicted molar refractivity (Wildman–Crippen MR) is 74.2 cm³/mol. The number of benzene rings is 1. The lowest BCUT2D eigenvalue weighted by atomic mass is 9.94. The van der Waals surface area contributed by atoms with E-state index in [9.17, 15) is 9.59 Å². The van der Waals surface area contributed by atoms with E-state index in [-0.39, 0.29) is 11.7 Å². The number of methoxy groups -OCH3 is 1. The highest BCUT2D eigenvalue weighted by Crippen LogP contribution is 2.41. The molecule has 2 aliphatic rings. The van der Waals surface area contributed by atoms with Gasteiger partial charge in [-0.15, -0.1) is 0 Å². The molecule has 0 spiro atoms. The molecule has 0 saturated carbocycles. The van der Waals surface area contributed by atoms with Crippen molar-refractivity contribution in [2.24, 2.45) is 0 Å². The maximum atomic E-state index is 12.7. The first kappa shape index (κ1) is 12.9. The summed E-state index contributed by atoms with van der Waals surface area (Å²) in [4.78, 5) is 26.0. The molecule has 0 N–H and O–H groups in total. The van der Waals surface area contributed by atoms with Gasteiger partial charge in [-0.1, -0.05) is 30.3 Å². The number of ketones is 1. The van der Waals surface area contributed by atoms with Crippen LogP contribution in [0, 0.1) is 0 Å². The van der Waals surface area contributed by atoms with Gasteiger partial charge in [0.15, 0.2) is 5.78 Å². The van der Waals surface area contributed by atoms with Crippen LogP contribution in [0.25, 0.3) is 0 Å². The third-order valence-corrected chi connectivity index (χ3v) is 4.06. The highest BCUT2D eigenvalue weighted by atomic mass is 16.5. The molecule has 1 aromatic rings. The van der Waals surface area contributed by atoms with E-state index in [1.54, 1.807) is 0 Å². The van der Waals surface area contributed by atoms with Crippen LogP contribution in [0.2, 0.25) is 0 Å². The maximum absolute atomic E-state index is 12.7. The van der Waals surface area contributed by atoms with Crippen LogP contribution in [0.1, 0.15) is 30.7 Å². The monoisotopic (exact) mass is 271 g/mol. The van der Waals surface area contributed by atoms with Crippen LogP contribution in [0.5, 0.6) is 0 Å². The average molecular weight is 271 g/mol. The molecule has 4 nitrogen and oxygen atoms in total. The summed E-state index contributed by atoms with van der Waals surface area (Å²) >= 11 is 0. The molecule has 0 bridgehead atoms. The van der Waals surface area contributed by atoms with Crippen molar-refractivity contribution in [1.29, 1.82) is 0 Å². The first-order chi connectivity index (χ1) is 9.72. The van der Waals surface area contributed by atoms with Crippen LogP contribution < -0.4 is 0 Å². The van der Waals surface area contributed by atoms with E-state index in [0.717, 1.165) is 30.4 Å². The molecular weight excluding hydrogens is 254 g/mol. The minimum Gasteiger partial charge on any atom is -0.452 e. The quantitative estimate of drug-likeness (QED) is 0.789. The fourth-order valence-corrected chi connectivity index (χ4v) is 3.13. The SMILES string of the molecule is COC(=O)N1CCCC2=C1C(=O)C(c1ccccc1)C2. The average Bonchev–Trinajstić information content (AvgIpc) is 2.85. The van der Waals surface area contributed by atoms with E-state index in [4.69, 9.17) is 4.74 Å². The summed E-state index contributed by atoms with van der Waals surface area (Å²) in [5, 5.41) is 0. The van der Waals surface area contributed by atoms with Gasteiger partial charge in [-0.25, -0.2) is 4.79 Å². The standard InChI is InChI=1S/C16H17NO3/c1-20-16(19)17-9-5-8-12-10-13(15(18)14(12)17)11-6-3-2-4-7-11/h2-4,6-7,13H,5,8-10H2,1H3. The molecule has 20 heavy (non-hydrogen) atoms. The lowest BCUT2D eigenvalue weighted by Crippen LogP contribution is -2.36. The minimum atomic E-state index is -0.431. The van der Waals surface area contributed by atoms with Crippen LogP contribution in [0.3, 0.4) is 0 Å². The molecule has 1 atom stereocenters. The normalized spacial score (nSPS) is 21.9. The summed E-state index contributed by atoms with van der Waals surface area (Å²) in [6.07, 6.45) is 2.09. The smallest absolute Gasteiger partial charge is 0.414 e. The zero-order chi connectivity index (χ0) is 14.1. The molecule has 1 aromatic carbocycles. The zero-order valence-corrected chi connectivity index (χ0v) is 11.5. The summed E-state index contributed by atoms with van der Waals surface area (Å²) in [5.41, 5.74) is 2.70. The Morgan fingerprint density at radius 3 is 2.75 bits per heavy atom. The molecule has 3 rings (SSSR count). The molecule has 0 aromatic heterocycles. The number of carbonyl (C=O) groups excluding carboxylic acids is 2. The largest absolute Gasteiger partial charge is 0.452 e. The van der Waals surface area contributed by atoms with Gasteiger partial charge >= 0.3 is 6.09 Å². The molecule has 104 valence electrons. The van der Waals surface area contributed by atoms with Gasteiger partial charge in [0.1, 0.15) is 0 Å². The van der Waals surface area contributed by atoms with Gasteiger partial charge in [-0.3, -0.25) is 9.69 Å². The summed E-state index contributed by atoms with van der Waals surface area (Å²) in [5.74, 6) is -0.0947. The third-order valence-electron chi connectivity index (χ3n) is 4.06. The van der Waals surface area contributed by atoms with Crippen LogP contribution in [0.15, 0.2) is 41.6 Å². The zero-order valence-electron chi connectivity index (χ0n) is 11.5. The number of rotatable bonds is 1. The Morgan fingerprint density at radius 2 is 2.05 bits per heavy atom. The summed E-state index contributed by atoms with van der Waals surface area (Å²) < 4.78 is 4.79. The Morgan fingerprint density at radius 1 is 1.30 bits per heavy atom. The number of ether oxygens (including phenoxy) is 1. The molecule has 0 radical (unpaired) electrons. The van der Waals surface area contributed by atoms with Crippen molar-refractivity contribution in [3.8, 4) is 0 Å². The lowest BCUT2D eigenvalue weighted by Gasteiger charge is -2.26. The molecule has 1 heterocycles. The number of carbonyl (C=O) groups is 2. The van der Waals surface area contributed by atoms with Crippen molar-refractivity contribution in [2.75, 3.05) is 13.7 Å². The van der Waals surface area contributed by atoms with E-state index in [0.29, 0.717) is 12.2 Å². The van der Waals surface area contributed by atoms with E-state index in [1.807, 2.05) is 30.3 Å². The van der Waals surface area contributed by atoms with Crippen molar-refractivity contribution < 1.29 is 14.3 Å². The second-order valence-electron chi connectivity index (χ2n) is 5.21. The molecule has 1 aliphatic carbocycles. The number of hydrogen-bond donors (Lipinski definition) is 0. The first-order valence-electron chi connectivity index (χ1n) is 6.89. The first-order valence-corrected chi connectivity index (χ1v) is 6.89. The van der Waals surface area contributed by atoms with Crippen molar-refractivity contribution in [2.45, 2.75) is 25.2 Å². The van der Waals surface area contributed by atoms with E-state index in [2.05, 4.69) is 0 Å². The Labute approximate surface area is 118 Å². The highest BCUT2D eigenvalue weighted by Gasteiger charge is 2.40. The minimum absolute atomic E-state index is 0.0521. The second-order valence-corrected chi connectivity index (χ2v) is 5.21. The lowest BCUT2D eigenvalue weighted by molar-refractivity contribution is -0.117. The molecule has 0 fully saturated rings. The van der Waals surface area contributed by atoms with Crippen LogP contribution >= 0.6 is 0 Å². The van der Waals surface area contributed by atoms with Gasteiger partial charge in [-0.05, 0) is 30.4 Å². The van der Waals surface area contributed by atoms with Crippen molar-refractivity contribution >= 4 is 11.9 Å².